The Morgan fingerprint density at radius 2 is 1.87 bits per heavy atom. The summed E-state index contributed by atoms with van der Waals surface area (Å²) in [5.41, 5.74) is 0.654. The summed E-state index contributed by atoms with van der Waals surface area (Å²) in [4.78, 5) is 10.6. The van der Waals surface area contributed by atoms with Crippen molar-refractivity contribution < 1.29 is 9.90 Å². The van der Waals surface area contributed by atoms with E-state index in [1.807, 2.05) is 44.2 Å². The van der Waals surface area contributed by atoms with Gasteiger partial charge in [0, 0.05) is 5.41 Å². The van der Waals surface area contributed by atoms with Crippen LogP contribution in [0.3, 0.4) is 0 Å². The molecule has 0 saturated carbocycles. The quantitative estimate of drug-likeness (QED) is 0.801. The highest BCUT2D eigenvalue weighted by molar-refractivity contribution is 6.41. The van der Waals surface area contributed by atoms with Crippen LogP contribution in [0.5, 0.6) is 0 Å². The van der Waals surface area contributed by atoms with E-state index in [1.54, 1.807) is 6.08 Å². The third-order valence-corrected chi connectivity index (χ3v) is 2.48. The molecule has 0 amide bonds. The van der Waals surface area contributed by atoms with Crippen molar-refractivity contribution in [1.29, 1.82) is 0 Å². The summed E-state index contributed by atoms with van der Waals surface area (Å²) in [5.74, 6) is -1.10. The van der Waals surface area contributed by atoms with E-state index in [1.165, 1.54) is 0 Å². The van der Waals surface area contributed by atoms with Gasteiger partial charge >= 0.3 is 5.97 Å². The van der Waals surface area contributed by atoms with Crippen molar-refractivity contribution in [2.24, 2.45) is 0 Å². The first-order valence-corrected chi connectivity index (χ1v) is 4.98. The van der Waals surface area contributed by atoms with Crippen molar-refractivity contribution in [3.05, 3.63) is 47.0 Å². The highest BCUT2D eigenvalue weighted by atomic mass is 35.5. The second-order valence-electron chi connectivity index (χ2n) is 3.89. The highest BCUT2D eigenvalue weighted by Crippen LogP contribution is 2.26. The zero-order chi connectivity index (χ0) is 11.5. The Labute approximate surface area is 94.2 Å². The van der Waals surface area contributed by atoms with Crippen LogP contribution in [0.1, 0.15) is 19.4 Å². The number of carboxylic acid groups (broad SMARTS) is 1. The van der Waals surface area contributed by atoms with Gasteiger partial charge in [0.25, 0.3) is 0 Å². The van der Waals surface area contributed by atoms with E-state index in [2.05, 4.69) is 0 Å². The van der Waals surface area contributed by atoms with E-state index in [0.717, 1.165) is 5.56 Å². The number of rotatable bonds is 3. The smallest absolute Gasteiger partial charge is 0.347 e. The zero-order valence-electron chi connectivity index (χ0n) is 8.70. The Balaban J connectivity index is 3.04. The molecule has 15 heavy (non-hydrogen) atoms. The maximum Gasteiger partial charge on any atom is 0.347 e. The van der Waals surface area contributed by atoms with E-state index in [4.69, 9.17) is 16.7 Å². The Bertz CT molecular complexity index is 380. The first-order valence-electron chi connectivity index (χ1n) is 4.60. The molecule has 0 atom stereocenters. The lowest BCUT2D eigenvalue weighted by atomic mass is 9.84. The van der Waals surface area contributed by atoms with Crippen LogP contribution >= 0.6 is 11.6 Å². The molecule has 0 bridgehead atoms. The van der Waals surface area contributed by atoms with Gasteiger partial charge in [-0.05, 0) is 11.6 Å². The number of benzene rings is 1. The SMILES string of the molecule is CC(C)(C=C(Cl)C(=O)O)c1ccccc1. The second kappa shape index (κ2) is 4.49. The molecule has 0 aromatic heterocycles. The number of allylic oxidation sites excluding steroid dienone is 1. The largest absolute Gasteiger partial charge is 0.477 e. The van der Waals surface area contributed by atoms with Crippen LogP contribution in [0.2, 0.25) is 0 Å². The Hall–Kier alpha value is -1.28. The molecule has 0 aliphatic carbocycles. The predicted octanol–water partition coefficient (Wildman–Crippen LogP) is 3.17. The van der Waals surface area contributed by atoms with E-state index in [-0.39, 0.29) is 10.4 Å². The van der Waals surface area contributed by atoms with Gasteiger partial charge in [0.1, 0.15) is 5.03 Å². The number of hydrogen-bond acceptors (Lipinski definition) is 1. The summed E-state index contributed by atoms with van der Waals surface area (Å²) in [6.07, 6.45) is 1.55. The number of halogens is 1. The third kappa shape index (κ3) is 3.10. The molecule has 1 rings (SSSR count). The van der Waals surface area contributed by atoms with Crippen LogP contribution in [0.4, 0.5) is 0 Å². The van der Waals surface area contributed by atoms with Crippen molar-refractivity contribution in [2.45, 2.75) is 19.3 Å². The van der Waals surface area contributed by atoms with Crippen LogP contribution < -0.4 is 0 Å². The number of hydrogen-bond donors (Lipinski definition) is 1. The van der Waals surface area contributed by atoms with Gasteiger partial charge in [-0.15, -0.1) is 0 Å². The molecule has 0 saturated heterocycles. The average Bonchev–Trinajstić information content (AvgIpc) is 2.18. The van der Waals surface area contributed by atoms with Crippen molar-refractivity contribution in [2.75, 3.05) is 0 Å². The van der Waals surface area contributed by atoms with Gasteiger partial charge in [-0.3, -0.25) is 0 Å². The molecular weight excluding hydrogens is 212 g/mol. The Morgan fingerprint density at radius 3 is 2.33 bits per heavy atom. The molecule has 1 N–H and O–H groups in total. The molecule has 0 fully saturated rings. The lowest BCUT2D eigenvalue weighted by Crippen LogP contribution is -2.15. The molecule has 1 aromatic rings. The molecule has 0 unspecified atom stereocenters. The molecule has 80 valence electrons. The molecule has 0 aliphatic heterocycles. The number of carbonyl (C=O) groups is 1. The fourth-order valence-electron chi connectivity index (χ4n) is 1.33. The van der Waals surface area contributed by atoms with Crippen LogP contribution in [0, 0.1) is 0 Å². The van der Waals surface area contributed by atoms with Crippen molar-refractivity contribution >= 4 is 17.6 Å². The fraction of sp³-hybridized carbons (Fsp3) is 0.250. The highest BCUT2D eigenvalue weighted by Gasteiger charge is 2.19. The molecule has 1 aromatic carbocycles. The molecule has 3 heteroatoms. The van der Waals surface area contributed by atoms with E-state index >= 15 is 0 Å². The van der Waals surface area contributed by atoms with Gasteiger partial charge in [0.2, 0.25) is 0 Å². The summed E-state index contributed by atoms with van der Waals surface area (Å²) in [6.45, 7) is 3.85. The minimum atomic E-state index is -1.10. The van der Waals surface area contributed by atoms with Crippen LogP contribution in [-0.2, 0) is 10.2 Å². The molecule has 0 aliphatic rings. The molecule has 0 spiro atoms. The van der Waals surface area contributed by atoms with E-state index in [0.29, 0.717) is 0 Å². The van der Waals surface area contributed by atoms with Gasteiger partial charge < -0.3 is 5.11 Å². The Kier molecular flexibility index (Phi) is 3.53. The van der Waals surface area contributed by atoms with E-state index < -0.39 is 5.97 Å². The van der Waals surface area contributed by atoms with Gasteiger partial charge in [0.15, 0.2) is 0 Å². The lowest BCUT2D eigenvalue weighted by molar-refractivity contribution is -0.131. The first-order chi connectivity index (χ1) is 6.93. The second-order valence-corrected chi connectivity index (χ2v) is 4.29. The van der Waals surface area contributed by atoms with Gasteiger partial charge in [0.05, 0.1) is 0 Å². The number of carboxylic acids is 1. The van der Waals surface area contributed by atoms with Crippen LogP contribution in [-0.4, -0.2) is 11.1 Å². The third-order valence-electron chi connectivity index (χ3n) is 2.21. The summed E-state index contributed by atoms with van der Waals surface area (Å²) in [5, 5.41) is 8.54. The summed E-state index contributed by atoms with van der Waals surface area (Å²) < 4.78 is 0. The van der Waals surface area contributed by atoms with Crippen molar-refractivity contribution in [3.63, 3.8) is 0 Å². The predicted molar refractivity (Wildman–Crippen MR) is 61.0 cm³/mol. The van der Waals surface area contributed by atoms with Gasteiger partial charge in [-0.1, -0.05) is 55.8 Å². The van der Waals surface area contributed by atoms with Gasteiger partial charge in [-0.2, -0.15) is 0 Å². The van der Waals surface area contributed by atoms with Gasteiger partial charge in [-0.25, -0.2) is 4.79 Å². The summed E-state index contributed by atoms with van der Waals surface area (Å²) in [6, 6.07) is 9.65. The average molecular weight is 225 g/mol. The van der Waals surface area contributed by atoms with Crippen molar-refractivity contribution in [1.82, 2.24) is 0 Å². The molecule has 0 radical (unpaired) electrons. The first kappa shape index (κ1) is 11.8. The topological polar surface area (TPSA) is 37.3 Å². The van der Waals surface area contributed by atoms with E-state index in [9.17, 15) is 4.79 Å². The number of aliphatic carboxylic acids is 1. The Morgan fingerprint density at radius 1 is 1.33 bits per heavy atom. The maximum atomic E-state index is 10.6. The normalized spacial score (nSPS) is 12.6. The zero-order valence-corrected chi connectivity index (χ0v) is 9.45. The molecular formula is C12H13ClO2. The standard InChI is InChI=1S/C12H13ClO2/c1-12(2,8-10(13)11(14)15)9-6-4-3-5-7-9/h3-8H,1-2H3,(H,14,15). The fourth-order valence-corrected chi connectivity index (χ4v) is 1.60. The summed E-state index contributed by atoms with van der Waals surface area (Å²) in [7, 11) is 0. The minimum Gasteiger partial charge on any atom is -0.477 e. The van der Waals surface area contributed by atoms with Crippen LogP contribution in [0.15, 0.2) is 41.4 Å². The maximum absolute atomic E-state index is 10.6. The van der Waals surface area contributed by atoms with Crippen molar-refractivity contribution in [3.8, 4) is 0 Å². The van der Waals surface area contributed by atoms with Crippen LogP contribution in [0.25, 0.3) is 0 Å². The minimum absolute atomic E-state index is 0.149. The lowest BCUT2D eigenvalue weighted by Gasteiger charge is -2.20. The molecule has 0 heterocycles. The summed E-state index contributed by atoms with van der Waals surface area (Å²) >= 11 is 5.61. The molecule has 2 nitrogen and oxygen atoms in total. The monoisotopic (exact) mass is 224 g/mol.